The summed E-state index contributed by atoms with van der Waals surface area (Å²) in [6, 6.07) is 6.90. The molecule has 0 radical (unpaired) electrons. The number of rotatable bonds is 5. The highest BCUT2D eigenvalue weighted by Crippen LogP contribution is 2.37. The lowest BCUT2D eigenvalue weighted by atomic mass is 10.1. The van der Waals surface area contributed by atoms with Crippen LogP contribution in [0.25, 0.3) is 31.8 Å². The molecule has 8 heteroatoms. The molecule has 0 unspecified atom stereocenters. The quantitative estimate of drug-likeness (QED) is 0.519. The van der Waals surface area contributed by atoms with E-state index in [2.05, 4.69) is 15.0 Å². The van der Waals surface area contributed by atoms with Gasteiger partial charge in [0.15, 0.2) is 11.6 Å². The highest BCUT2D eigenvalue weighted by Gasteiger charge is 2.18. The van der Waals surface area contributed by atoms with E-state index in [1.165, 1.54) is 17.4 Å². The van der Waals surface area contributed by atoms with Crippen molar-refractivity contribution in [1.82, 2.24) is 15.0 Å². The molecule has 0 aliphatic heterocycles. The van der Waals surface area contributed by atoms with E-state index in [1.807, 2.05) is 19.1 Å². The van der Waals surface area contributed by atoms with Gasteiger partial charge in [-0.25, -0.2) is 19.3 Å². The summed E-state index contributed by atoms with van der Waals surface area (Å²) in [6.07, 6.45) is 0.328. The highest BCUT2D eigenvalue weighted by molar-refractivity contribution is 7.21. The Hall–Kier alpha value is -2.84. The fraction of sp³-hybridized carbons (Fsp3) is 0.286. The van der Waals surface area contributed by atoms with E-state index in [0.29, 0.717) is 27.4 Å². The summed E-state index contributed by atoms with van der Waals surface area (Å²) < 4.78 is 26.0. The smallest absolute Gasteiger partial charge is 0.232 e. The number of hydrogen-bond acceptors (Lipinski definition) is 7. The molecule has 0 fully saturated rings. The van der Waals surface area contributed by atoms with Gasteiger partial charge in [-0.15, -0.1) is 11.3 Å². The molecule has 4 rings (SSSR count). The number of nitrogens with zero attached hydrogens (tertiary/aromatic N) is 3. The summed E-state index contributed by atoms with van der Waals surface area (Å²) in [6.45, 7) is 5.27. The number of aromatic nitrogens is 3. The van der Waals surface area contributed by atoms with Crippen molar-refractivity contribution in [1.29, 1.82) is 0 Å². The van der Waals surface area contributed by atoms with Crippen molar-refractivity contribution < 1.29 is 19.0 Å². The molecule has 0 aliphatic rings. The lowest BCUT2D eigenvalue weighted by molar-refractivity contribution is 0.0580. The third-order valence-electron chi connectivity index (χ3n) is 4.64. The predicted molar refractivity (Wildman–Crippen MR) is 111 cm³/mol. The maximum absolute atomic E-state index is 14.5. The van der Waals surface area contributed by atoms with Crippen LogP contribution >= 0.6 is 11.3 Å². The van der Waals surface area contributed by atoms with Crippen LogP contribution in [0.2, 0.25) is 0 Å². The number of aliphatic hydroxyl groups is 1. The van der Waals surface area contributed by atoms with Crippen LogP contribution in [-0.4, -0.2) is 39.4 Å². The Kier molecular flexibility index (Phi) is 5.06. The fourth-order valence-electron chi connectivity index (χ4n) is 2.94. The van der Waals surface area contributed by atoms with Gasteiger partial charge in [-0.3, -0.25) is 0 Å². The SMILES string of the molecule is COc1cnc2c(-c3nc4cc(F)c(O[C@@H](C)[C@H](C)O)cc4s3)cc(C)cc2n1. The minimum Gasteiger partial charge on any atom is -0.485 e. The van der Waals surface area contributed by atoms with Crippen molar-refractivity contribution in [3.8, 4) is 22.2 Å². The minimum atomic E-state index is -0.712. The largest absolute Gasteiger partial charge is 0.485 e. The summed E-state index contributed by atoms with van der Waals surface area (Å²) in [5.74, 6) is 0.0228. The Balaban J connectivity index is 1.82. The van der Waals surface area contributed by atoms with E-state index >= 15 is 0 Å². The molecule has 150 valence electrons. The van der Waals surface area contributed by atoms with Crippen LogP contribution in [0.1, 0.15) is 19.4 Å². The van der Waals surface area contributed by atoms with Gasteiger partial charge in [0.25, 0.3) is 0 Å². The predicted octanol–water partition coefficient (Wildman–Crippen LogP) is 4.51. The van der Waals surface area contributed by atoms with Gasteiger partial charge < -0.3 is 14.6 Å². The van der Waals surface area contributed by atoms with E-state index in [1.54, 1.807) is 33.2 Å². The monoisotopic (exact) mass is 413 g/mol. The van der Waals surface area contributed by atoms with E-state index in [9.17, 15) is 9.50 Å². The number of ether oxygens (including phenoxy) is 2. The standard InChI is InChI=1S/C21H20FN3O3S/c1-10-5-13(20-16(6-10)24-19(27-4)9-23-20)21-25-15-7-14(22)17(8-18(15)29-21)28-12(3)11(2)26/h5-9,11-12,26H,1-4H3/t11-,12-/m0/s1. The number of halogens is 1. The summed E-state index contributed by atoms with van der Waals surface area (Å²) >= 11 is 1.42. The number of hydrogen-bond donors (Lipinski definition) is 1. The van der Waals surface area contributed by atoms with Crippen LogP contribution in [-0.2, 0) is 0 Å². The Labute approximate surface area is 171 Å². The van der Waals surface area contributed by atoms with Crippen LogP contribution in [0.3, 0.4) is 0 Å². The first-order valence-corrected chi connectivity index (χ1v) is 9.94. The first-order valence-electron chi connectivity index (χ1n) is 9.12. The van der Waals surface area contributed by atoms with Crippen molar-refractivity contribution in [2.24, 2.45) is 0 Å². The van der Waals surface area contributed by atoms with Gasteiger partial charge in [0.2, 0.25) is 5.88 Å². The minimum absolute atomic E-state index is 0.0970. The topological polar surface area (TPSA) is 77.4 Å². The highest BCUT2D eigenvalue weighted by atomic mass is 32.1. The maximum Gasteiger partial charge on any atom is 0.232 e. The molecule has 0 saturated carbocycles. The number of methoxy groups -OCH3 is 1. The Morgan fingerprint density at radius 2 is 1.90 bits per heavy atom. The molecule has 0 aliphatic carbocycles. The number of aliphatic hydroxyl groups excluding tert-OH is 1. The molecule has 4 aromatic rings. The molecule has 0 spiro atoms. The van der Waals surface area contributed by atoms with Gasteiger partial charge in [-0.2, -0.15) is 0 Å². The van der Waals surface area contributed by atoms with Gasteiger partial charge >= 0.3 is 0 Å². The summed E-state index contributed by atoms with van der Waals surface area (Å²) in [5.41, 5.74) is 3.79. The molecule has 0 saturated heterocycles. The summed E-state index contributed by atoms with van der Waals surface area (Å²) in [7, 11) is 1.55. The molecule has 0 bridgehead atoms. The van der Waals surface area contributed by atoms with Crippen LogP contribution in [0.5, 0.6) is 11.6 Å². The van der Waals surface area contributed by atoms with Gasteiger partial charge in [-0.05, 0) is 38.5 Å². The van der Waals surface area contributed by atoms with E-state index < -0.39 is 18.0 Å². The van der Waals surface area contributed by atoms with Crippen LogP contribution in [0.15, 0.2) is 30.5 Å². The van der Waals surface area contributed by atoms with E-state index in [-0.39, 0.29) is 5.75 Å². The number of benzene rings is 2. The number of thiazole rings is 1. The zero-order chi connectivity index (χ0) is 20.7. The fourth-order valence-corrected chi connectivity index (χ4v) is 3.94. The third-order valence-corrected chi connectivity index (χ3v) is 5.69. The molecule has 2 heterocycles. The van der Waals surface area contributed by atoms with Crippen LogP contribution < -0.4 is 9.47 Å². The normalized spacial score (nSPS) is 13.6. The van der Waals surface area contributed by atoms with Crippen molar-refractivity contribution in [3.05, 3.63) is 41.8 Å². The zero-order valence-electron chi connectivity index (χ0n) is 16.4. The average Bonchev–Trinajstić information content (AvgIpc) is 3.09. The van der Waals surface area contributed by atoms with E-state index in [0.717, 1.165) is 15.8 Å². The Morgan fingerprint density at radius 3 is 2.62 bits per heavy atom. The van der Waals surface area contributed by atoms with Crippen molar-refractivity contribution in [3.63, 3.8) is 0 Å². The van der Waals surface area contributed by atoms with Crippen molar-refractivity contribution in [2.45, 2.75) is 33.0 Å². The molecule has 1 N–H and O–H groups in total. The zero-order valence-corrected chi connectivity index (χ0v) is 17.2. The maximum atomic E-state index is 14.5. The molecular weight excluding hydrogens is 393 g/mol. The summed E-state index contributed by atoms with van der Waals surface area (Å²) in [5, 5.41) is 10.3. The second-order valence-electron chi connectivity index (χ2n) is 6.93. The van der Waals surface area contributed by atoms with Gasteiger partial charge in [0.05, 0.1) is 40.7 Å². The lowest BCUT2D eigenvalue weighted by Gasteiger charge is -2.17. The molecule has 29 heavy (non-hydrogen) atoms. The van der Waals surface area contributed by atoms with Gasteiger partial charge in [0, 0.05) is 17.7 Å². The number of aryl methyl sites for hydroxylation is 1. The van der Waals surface area contributed by atoms with Gasteiger partial charge in [-0.1, -0.05) is 0 Å². The Morgan fingerprint density at radius 1 is 1.10 bits per heavy atom. The van der Waals surface area contributed by atoms with Crippen molar-refractivity contribution >= 4 is 32.6 Å². The average molecular weight is 413 g/mol. The third kappa shape index (κ3) is 3.73. The van der Waals surface area contributed by atoms with Crippen LogP contribution in [0.4, 0.5) is 4.39 Å². The second kappa shape index (κ2) is 7.53. The molecule has 2 aromatic carbocycles. The molecule has 2 atom stereocenters. The Bertz CT molecular complexity index is 1210. The second-order valence-corrected chi connectivity index (χ2v) is 7.96. The van der Waals surface area contributed by atoms with Crippen LogP contribution in [0, 0.1) is 12.7 Å². The van der Waals surface area contributed by atoms with Crippen molar-refractivity contribution in [2.75, 3.05) is 7.11 Å². The first-order chi connectivity index (χ1) is 13.9. The molecule has 2 aromatic heterocycles. The molecular formula is C21H20FN3O3S. The molecule has 0 amide bonds. The number of fused-ring (bicyclic) bond motifs is 2. The lowest BCUT2D eigenvalue weighted by Crippen LogP contribution is -2.25. The summed E-state index contributed by atoms with van der Waals surface area (Å²) in [4.78, 5) is 13.6. The van der Waals surface area contributed by atoms with E-state index in [4.69, 9.17) is 9.47 Å². The first kappa shape index (κ1) is 19.5. The van der Waals surface area contributed by atoms with Gasteiger partial charge in [0.1, 0.15) is 11.1 Å². The molecule has 6 nitrogen and oxygen atoms in total.